The summed E-state index contributed by atoms with van der Waals surface area (Å²) in [5.41, 5.74) is 2.77. The van der Waals surface area contributed by atoms with Crippen LogP contribution in [0.3, 0.4) is 0 Å². The van der Waals surface area contributed by atoms with E-state index < -0.39 is 0 Å². The van der Waals surface area contributed by atoms with E-state index in [4.69, 9.17) is 16.6 Å². The Balaban J connectivity index is 1.80. The van der Waals surface area contributed by atoms with Gasteiger partial charge in [-0.05, 0) is 55.7 Å². The average molecular weight is 430 g/mol. The first kappa shape index (κ1) is 17.4. The molecule has 26 heavy (non-hydrogen) atoms. The number of anilines is 1. The molecule has 0 unspecified atom stereocenters. The fourth-order valence-electron chi connectivity index (χ4n) is 3.16. The zero-order chi connectivity index (χ0) is 17.9. The van der Waals surface area contributed by atoms with Crippen LogP contribution in [0.15, 0.2) is 53.0 Å². The second kappa shape index (κ2) is 7.72. The van der Waals surface area contributed by atoms with Gasteiger partial charge in [-0.15, -0.1) is 10.2 Å². The zero-order valence-corrected chi connectivity index (χ0v) is 16.5. The predicted molar refractivity (Wildman–Crippen MR) is 109 cm³/mol. The maximum absolute atomic E-state index is 6.00. The van der Waals surface area contributed by atoms with Gasteiger partial charge in [0.2, 0.25) is 0 Å². The predicted octanol–water partition coefficient (Wildman–Crippen LogP) is 5.61. The summed E-state index contributed by atoms with van der Waals surface area (Å²) in [6, 6.07) is 15.7. The SMILES string of the molecule is Clc1ccc(-c2nnc(-c3ccc(Br)cc3)c(N3CCCCC3)n2)cc1. The van der Waals surface area contributed by atoms with Crippen molar-refractivity contribution in [1.82, 2.24) is 15.2 Å². The van der Waals surface area contributed by atoms with E-state index in [1.165, 1.54) is 19.3 Å². The van der Waals surface area contributed by atoms with Crippen molar-refractivity contribution in [3.63, 3.8) is 0 Å². The average Bonchev–Trinajstić information content (AvgIpc) is 2.69. The highest BCUT2D eigenvalue weighted by Gasteiger charge is 2.20. The van der Waals surface area contributed by atoms with Crippen LogP contribution in [0.1, 0.15) is 19.3 Å². The van der Waals surface area contributed by atoms with Gasteiger partial charge in [0.25, 0.3) is 0 Å². The minimum Gasteiger partial charge on any atom is -0.355 e. The van der Waals surface area contributed by atoms with Crippen LogP contribution in [0.25, 0.3) is 22.6 Å². The third-order valence-electron chi connectivity index (χ3n) is 4.54. The lowest BCUT2D eigenvalue weighted by molar-refractivity contribution is 0.572. The van der Waals surface area contributed by atoms with Crippen LogP contribution in [0.2, 0.25) is 5.02 Å². The first-order chi connectivity index (χ1) is 12.7. The van der Waals surface area contributed by atoms with Crippen molar-refractivity contribution >= 4 is 33.3 Å². The van der Waals surface area contributed by atoms with Gasteiger partial charge in [0.05, 0.1) is 0 Å². The molecule has 2 heterocycles. The Kier molecular flexibility index (Phi) is 5.18. The summed E-state index contributed by atoms with van der Waals surface area (Å²) in [6.45, 7) is 2.00. The maximum Gasteiger partial charge on any atom is 0.183 e. The molecule has 0 aliphatic carbocycles. The molecule has 1 aliphatic rings. The molecule has 0 bridgehead atoms. The summed E-state index contributed by atoms with van der Waals surface area (Å²) in [5.74, 6) is 1.54. The van der Waals surface area contributed by atoms with E-state index in [0.717, 1.165) is 40.2 Å². The van der Waals surface area contributed by atoms with Crippen LogP contribution < -0.4 is 4.90 Å². The van der Waals surface area contributed by atoms with E-state index in [-0.39, 0.29) is 0 Å². The van der Waals surface area contributed by atoms with Gasteiger partial charge in [-0.25, -0.2) is 4.98 Å². The number of hydrogen-bond donors (Lipinski definition) is 0. The molecule has 0 spiro atoms. The van der Waals surface area contributed by atoms with Gasteiger partial charge in [0, 0.05) is 33.7 Å². The van der Waals surface area contributed by atoms with Crippen molar-refractivity contribution in [2.45, 2.75) is 19.3 Å². The quantitative estimate of drug-likeness (QED) is 0.542. The highest BCUT2D eigenvalue weighted by Crippen LogP contribution is 2.31. The molecule has 0 atom stereocenters. The zero-order valence-electron chi connectivity index (χ0n) is 14.2. The number of halogens is 2. The number of hydrogen-bond acceptors (Lipinski definition) is 4. The standard InChI is InChI=1S/C20H18BrClN4/c21-16-8-4-14(5-9-16)18-20(26-12-2-1-3-13-26)23-19(25-24-18)15-6-10-17(22)11-7-15/h4-11H,1-3,12-13H2. The summed E-state index contributed by atoms with van der Waals surface area (Å²) >= 11 is 9.49. The first-order valence-corrected chi connectivity index (χ1v) is 9.89. The van der Waals surface area contributed by atoms with Crippen LogP contribution in [-0.4, -0.2) is 28.3 Å². The summed E-state index contributed by atoms with van der Waals surface area (Å²) in [4.78, 5) is 7.22. The van der Waals surface area contributed by atoms with Gasteiger partial charge in [0.1, 0.15) is 5.69 Å². The third kappa shape index (κ3) is 3.74. The van der Waals surface area contributed by atoms with Crippen LogP contribution in [-0.2, 0) is 0 Å². The fourth-order valence-corrected chi connectivity index (χ4v) is 3.55. The van der Waals surface area contributed by atoms with Gasteiger partial charge in [-0.3, -0.25) is 0 Å². The van der Waals surface area contributed by atoms with Gasteiger partial charge in [-0.2, -0.15) is 0 Å². The second-order valence-electron chi connectivity index (χ2n) is 6.37. The normalized spacial score (nSPS) is 14.5. The highest BCUT2D eigenvalue weighted by atomic mass is 79.9. The topological polar surface area (TPSA) is 41.9 Å². The van der Waals surface area contributed by atoms with Crippen LogP contribution >= 0.6 is 27.5 Å². The molecule has 0 amide bonds. The number of aromatic nitrogens is 3. The Bertz CT molecular complexity index is 891. The van der Waals surface area contributed by atoms with E-state index in [1.54, 1.807) is 0 Å². The molecule has 1 saturated heterocycles. The molecule has 0 saturated carbocycles. The van der Waals surface area contributed by atoms with E-state index >= 15 is 0 Å². The number of piperidine rings is 1. The molecule has 3 aromatic rings. The Morgan fingerprint density at radius 1 is 0.808 bits per heavy atom. The summed E-state index contributed by atoms with van der Waals surface area (Å²) < 4.78 is 1.04. The highest BCUT2D eigenvalue weighted by molar-refractivity contribution is 9.10. The molecule has 4 nitrogen and oxygen atoms in total. The molecular weight excluding hydrogens is 412 g/mol. The van der Waals surface area contributed by atoms with Gasteiger partial charge in [0.15, 0.2) is 11.6 Å². The van der Waals surface area contributed by atoms with Gasteiger partial charge < -0.3 is 4.90 Å². The van der Waals surface area contributed by atoms with Crippen molar-refractivity contribution in [3.05, 3.63) is 58.0 Å². The molecular formula is C20H18BrClN4. The van der Waals surface area contributed by atoms with Crippen LogP contribution in [0.5, 0.6) is 0 Å². The lowest BCUT2D eigenvalue weighted by Crippen LogP contribution is -2.31. The third-order valence-corrected chi connectivity index (χ3v) is 5.32. The van der Waals surface area contributed by atoms with Gasteiger partial charge in [-0.1, -0.05) is 39.7 Å². The second-order valence-corrected chi connectivity index (χ2v) is 7.72. The number of nitrogens with zero attached hydrogens (tertiary/aromatic N) is 4. The fraction of sp³-hybridized carbons (Fsp3) is 0.250. The monoisotopic (exact) mass is 428 g/mol. The van der Waals surface area contributed by atoms with E-state index in [9.17, 15) is 0 Å². The van der Waals surface area contributed by atoms with Crippen LogP contribution in [0, 0.1) is 0 Å². The Morgan fingerprint density at radius 2 is 1.46 bits per heavy atom. The largest absolute Gasteiger partial charge is 0.355 e. The molecule has 2 aromatic carbocycles. The smallest absolute Gasteiger partial charge is 0.183 e. The first-order valence-electron chi connectivity index (χ1n) is 8.72. The van der Waals surface area contributed by atoms with Gasteiger partial charge >= 0.3 is 0 Å². The molecule has 0 N–H and O–H groups in total. The van der Waals surface area contributed by atoms with Crippen molar-refractivity contribution in [2.24, 2.45) is 0 Å². The minimum atomic E-state index is 0.628. The van der Waals surface area contributed by atoms with Crippen molar-refractivity contribution in [2.75, 3.05) is 18.0 Å². The van der Waals surface area contributed by atoms with Crippen molar-refractivity contribution in [1.29, 1.82) is 0 Å². The van der Waals surface area contributed by atoms with Crippen LogP contribution in [0.4, 0.5) is 5.82 Å². The molecule has 1 aromatic heterocycles. The lowest BCUT2D eigenvalue weighted by atomic mass is 10.1. The number of rotatable bonds is 3. The Morgan fingerprint density at radius 3 is 2.15 bits per heavy atom. The van der Waals surface area contributed by atoms with E-state index in [0.29, 0.717) is 10.8 Å². The maximum atomic E-state index is 6.00. The van der Waals surface area contributed by atoms with Crippen molar-refractivity contribution in [3.8, 4) is 22.6 Å². The molecule has 4 rings (SSSR count). The summed E-state index contributed by atoms with van der Waals surface area (Å²) in [6.07, 6.45) is 3.63. The number of benzene rings is 2. The molecule has 132 valence electrons. The van der Waals surface area contributed by atoms with Crippen molar-refractivity contribution < 1.29 is 0 Å². The molecule has 6 heteroatoms. The molecule has 1 aliphatic heterocycles. The van der Waals surface area contributed by atoms with E-state index in [2.05, 4.69) is 31.0 Å². The summed E-state index contributed by atoms with van der Waals surface area (Å²) in [7, 11) is 0. The summed E-state index contributed by atoms with van der Waals surface area (Å²) in [5, 5.41) is 9.64. The molecule has 0 radical (unpaired) electrons. The molecule has 1 fully saturated rings. The van der Waals surface area contributed by atoms with E-state index in [1.807, 2.05) is 48.5 Å². The Hall–Kier alpha value is -1.98. The Labute approximate surface area is 166 Å². The lowest BCUT2D eigenvalue weighted by Gasteiger charge is -2.29. The minimum absolute atomic E-state index is 0.628.